The lowest BCUT2D eigenvalue weighted by Gasteiger charge is -2.60. The van der Waals surface area contributed by atoms with Gasteiger partial charge in [-0.25, -0.2) is 17.6 Å². The Labute approximate surface area is 189 Å². The normalized spacial score (nSPS) is 25.1. The Kier molecular flexibility index (Phi) is 4.96. The highest BCUT2D eigenvalue weighted by Gasteiger charge is 2.61. The van der Waals surface area contributed by atoms with Crippen molar-refractivity contribution in [2.75, 3.05) is 22.7 Å². The molecule has 1 heterocycles. The number of amides is 2. The molecule has 4 aliphatic rings. The van der Waals surface area contributed by atoms with Crippen LogP contribution in [0.4, 0.5) is 20.6 Å². The van der Waals surface area contributed by atoms with Crippen LogP contribution in [0, 0.1) is 17.2 Å². The van der Waals surface area contributed by atoms with E-state index in [0.29, 0.717) is 5.92 Å². The third-order valence-electron chi connectivity index (χ3n) is 6.55. The topological polar surface area (TPSA) is 125 Å². The van der Waals surface area contributed by atoms with Crippen molar-refractivity contribution < 1.29 is 32.2 Å². The van der Waals surface area contributed by atoms with Gasteiger partial charge in [-0.05, 0) is 67.6 Å². The van der Waals surface area contributed by atoms with Crippen molar-refractivity contribution in [2.24, 2.45) is 11.3 Å². The Bertz CT molecular complexity index is 1220. The predicted molar refractivity (Wildman–Crippen MR) is 116 cm³/mol. The fourth-order valence-electron chi connectivity index (χ4n) is 4.73. The lowest BCUT2D eigenvalue weighted by Crippen LogP contribution is -2.61. The second-order valence-corrected chi connectivity index (χ2v) is 10.7. The smallest absolute Gasteiger partial charge is 0.409 e. The van der Waals surface area contributed by atoms with Crippen molar-refractivity contribution in [3.63, 3.8) is 0 Å². The molecular weight excluding hydrogens is 453 g/mol. The second-order valence-electron chi connectivity index (χ2n) is 8.81. The van der Waals surface area contributed by atoms with E-state index in [1.165, 1.54) is 30.3 Å². The number of carboxylic acid groups (broad SMARTS) is 1. The van der Waals surface area contributed by atoms with Crippen molar-refractivity contribution in [1.29, 1.82) is 0 Å². The highest BCUT2D eigenvalue weighted by molar-refractivity contribution is 7.92. The number of ether oxygens (including phenoxy) is 1. The first-order valence-corrected chi connectivity index (χ1v) is 12.0. The Balaban J connectivity index is 1.43. The molecule has 0 aromatic heterocycles. The van der Waals surface area contributed by atoms with Gasteiger partial charge in [-0.15, -0.1) is 0 Å². The molecule has 3 fully saturated rings. The van der Waals surface area contributed by atoms with Crippen LogP contribution in [0.3, 0.4) is 0 Å². The summed E-state index contributed by atoms with van der Waals surface area (Å²) < 4.78 is 47.3. The number of nitrogens with one attached hydrogen (secondary N) is 2. The summed E-state index contributed by atoms with van der Waals surface area (Å²) in [6, 6.07) is 8.73. The SMILES string of the molecule is O=C(O)Nc1ccc2c(c1)N(S(=O)(=O)c1ccc(F)cc1)CC(CNC(=O)C13CC(C1)C3)O2. The van der Waals surface area contributed by atoms with Crippen LogP contribution >= 0.6 is 0 Å². The lowest BCUT2D eigenvalue weighted by molar-refractivity contribution is -0.165. The number of rotatable bonds is 6. The maximum Gasteiger partial charge on any atom is 0.409 e. The van der Waals surface area contributed by atoms with Gasteiger partial charge in [0, 0.05) is 11.1 Å². The molecule has 0 spiro atoms. The number of hydrogen-bond donors (Lipinski definition) is 3. The first-order valence-electron chi connectivity index (χ1n) is 10.5. The zero-order valence-electron chi connectivity index (χ0n) is 17.5. The minimum atomic E-state index is -4.12. The summed E-state index contributed by atoms with van der Waals surface area (Å²) in [6.07, 6.45) is 0.739. The summed E-state index contributed by atoms with van der Waals surface area (Å²) in [5.74, 6) is 0.276. The largest absolute Gasteiger partial charge is 0.484 e. The number of sulfonamides is 1. The van der Waals surface area contributed by atoms with Gasteiger partial charge in [0.15, 0.2) is 0 Å². The number of carbonyl (C=O) groups is 2. The van der Waals surface area contributed by atoms with E-state index >= 15 is 0 Å². The van der Waals surface area contributed by atoms with Crippen LogP contribution in [0.25, 0.3) is 0 Å². The molecule has 3 saturated carbocycles. The fourth-order valence-corrected chi connectivity index (χ4v) is 6.23. The molecule has 9 nitrogen and oxygen atoms in total. The number of carbonyl (C=O) groups excluding carboxylic acids is 1. The van der Waals surface area contributed by atoms with Crippen molar-refractivity contribution >= 4 is 33.4 Å². The summed E-state index contributed by atoms with van der Waals surface area (Å²) in [4.78, 5) is 23.5. The van der Waals surface area contributed by atoms with Gasteiger partial charge in [-0.1, -0.05) is 0 Å². The number of benzene rings is 2. The second kappa shape index (κ2) is 7.62. The summed E-state index contributed by atoms with van der Waals surface area (Å²) in [5, 5.41) is 14.1. The molecular formula is C22H22FN3O6S. The van der Waals surface area contributed by atoms with Gasteiger partial charge in [0.05, 0.1) is 23.7 Å². The van der Waals surface area contributed by atoms with E-state index in [1.54, 1.807) is 0 Å². The molecule has 6 rings (SSSR count). The molecule has 2 bridgehead atoms. The van der Waals surface area contributed by atoms with Crippen LogP contribution in [-0.2, 0) is 14.8 Å². The minimum absolute atomic E-state index is 0.0339. The maximum absolute atomic E-state index is 13.4. The standard InChI is InChI=1S/C22H22FN3O6S/c23-14-1-4-17(5-2-14)33(30,31)26-12-16(11-24-20(27)22-8-13(9-22)10-22)32-19-6-3-15(7-18(19)26)25-21(28)29/h1-7,13,16,25H,8-12H2,(H,24,27)(H,28,29). The van der Waals surface area contributed by atoms with E-state index in [4.69, 9.17) is 9.84 Å². The number of anilines is 2. The van der Waals surface area contributed by atoms with Crippen LogP contribution in [0.5, 0.6) is 5.75 Å². The third kappa shape index (κ3) is 3.75. The molecule has 1 unspecified atom stereocenters. The molecule has 1 atom stereocenters. The fraction of sp³-hybridized carbons (Fsp3) is 0.364. The quantitative estimate of drug-likeness (QED) is 0.590. The van der Waals surface area contributed by atoms with Gasteiger partial charge in [-0.3, -0.25) is 14.4 Å². The molecule has 3 aliphatic carbocycles. The molecule has 2 amide bonds. The average molecular weight is 475 g/mol. The number of nitrogens with zero attached hydrogens (tertiary/aromatic N) is 1. The maximum atomic E-state index is 13.4. The van der Waals surface area contributed by atoms with Crippen LogP contribution in [0.15, 0.2) is 47.4 Å². The first-order chi connectivity index (χ1) is 15.7. The van der Waals surface area contributed by atoms with Crippen LogP contribution in [0.1, 0.15) is 19.3 Å². The van der Waals surface area contributed by atoms with Crippen LogP contribution in [-0.4, -0.2) is 44.7 Å². The van der Waals surface area contributed by atoms with Gasteiger partial charge in [0.25, 0.3) is 10.0 Å². The van der Waals surface area contributed by atoms with Gasteiger partial charge in [0.2, 0.25) is 5.91 Å². The molecule has 2 aromatic rings. The highest BCUT2D eigenvalue weighted by Crippen LogP contribution is 2.64. The monoisotopic (exact) mass is 475 g/mol. The van der Waals surface area contributed by atoms with E-state index < -0.39 is 28.0 Å². The van der Waals surface area contributed by atoms with Crippen LogP contribution in [0.2, 0.25) is 0 Å². The van der Waals surface area contributed by atoms with Gasteiger partial charge >= 0.3 is 6.09 Å². The van der Waals surface area contributed by atoms with E-state index in [-0.39, 0.29) is 46.4 Å². The molecule has 0 saturated heterocycles. The van der Waals surface area contributed by atoms with Crippen molar-refractivity contribution in [3.05, 3.63) is 48.3 Å². The Morgan fingerprint density at radius 1 is 1.15 bits per heavy atom. The zero-order valence-corrected chi connectivity index (χ0v) is 18.3. The summed E-state index contributed by atoms with van der Waals surface area (Å²) in [5.41, 5.74) is 0.0428. The summed E-state index contributed by atoms with van der Waals surface area (Å²) in [7, 11) is -4.12. The Morgan fingerprint density at radius 3 is 2.45 bits per heavy atom. The number of fused-ring (bicyclic) bond motifs is 1. The van der Waals surface area contributed by atoms with Crippen molar-refractivity contribution in [2.45, 2.75) is 30.3 Å². The minimum Gasteiger partial charge on any atom is -0.484 e. The molecule has 3 N–H and O–H groups in total. The molecule has 2 aromatic carbocycles. The summed E-state index contributed by atoms with van der Waals surface area (Å²) in [6.45, 7) is 0.00833. The van der Waals surface area contributed by atoms with Crippen LogP contribution < -0.4 is 19.7 Å². The van der Waals surface area contributed by atoms with Gasteiger partial charge < -0.3 is 15.2 Å². The molecule has 0 radical (unpaired) electrons. The third-order valence-corrected chi connectivity index (χ3v) is 8.35. The highest BCUT2D eigenvalue weighted by atomic mass is 32.2. The molecule has 1 aliphatic heterocycles. The first kappa shape index (κ1) is 21.5. The molecule has 33 heavy (non-hydrogen) atoms. The molecule has 174 valence electrons. The van der Waals surface area contributed by atoms with Crippen molar-refractivity contribution in [3.8, 4) is 5.75 Å². The Hall–Kier alpha value is -3.34. The number of halogens is 1. The predicted octanol–water partition coefficient (Wildman–Crippen LogP) is 2.79. The van der Waals surface area contributed by atoms with E-state index in [0.717, 1.165) is 35.7 Å². The van der Waals surface area contributed by atoms with Gasteiger partial charge in [0.1, 0.15) is 17.7 Å². The average Bonchev–Trinajstić information content (AvgIpc) is 2.69. The van der Waals surface area contributed by atoms with Gasteiger partial charge in [-0.2, -0.15) is 0 Å². The van der Waals surface area contributed by atoms with Crippen molar-refractivity contribution in [1.82, 2.24) is 5.32 Å². The number of hydrogen-bond acceptors (Lipinski definition) is 5. The van der Waals surface area contributed by atoms with E-state index in [2.05, 4.69) is 10.6 Å². The van der Waals surface area contributed by atoms with E-state index in [1.807, 2.05) is 0 Å². The Morgan fingerprint density at radius 2 is 1.85 bits per heavy atom. The summed E-state index contributed by atoms with van der Waals surface area (Å²) >= 11 is 0. The zero-order chi connectivity index (χ0) is 23.4. The molecule has 11 heteroatoms. The van der Waals surface area contributed by atoms with E-state index in [9.17, 15) is 22.4 Å². The lowest BCUT2D eigenvalue weighted by atomic mass is 9.44.